The standard InChI is InChI=1S/C21H21NO2S/c1-22-8-7-21-15-4-5-17(23)20(21)24-19-14(13-6-9-25-11-13)3-2-12(18(19)21)10-16(15)22/h2-6,9,11,15-17,20,23H,7-8,10H2,1H3/t15-,16+,17-,20-,21-/m0/s1. The maximum Gasteiger partial charge on any atom is 0.139 e. The molecule has 2 aliphatic heterocycles. The number of hydrogen-bond donors (Lipinski definition) is 1. The molecule has 6 rings (SSSR count). The van der Waals surface area contributed by atoms with Crippen LogP contribution in [-0.2, 0) is 11.8 Å². The molecule has 0 amide bonds. The van der Waals surface area contributed by atoms with E-state index in [1.165, 1.54) is 22.3 Å². The number of piperidine rings is 1. The number of aliphatic hydroxyl groups is 1. The maximum absolute atomic E-state index is 10.8. The predicted molar refractivity (Wildman–Crippen MR) is 99.2 cm³/mol. The first-order valence-corrected chi connectivity index (χ1v) is 10.1. The Hall–Kier alpha value is -1.62. The molecule has 4 heteroatoms. The fourth-order valence-electron chi connectivity index (χ4n) is 5.90. The Labute approximate surface area is 151 Å². The highest BCUT2D eigenvalue weighted by atomic mass is 32.1. The third-order valence-corrected chi connectivity index (χ3v) is 7.69. The molecule has 25 heavy (non-hydrogen) atoms. The molecule has 1 aromatic heterocycles. The zero-order valence-electron chi connectivity index (χ0n) is 14.2. The van der Waals surface area contributed by atoms with Crippen molar-refractivity contribution >= 4 is 11.3 Å². The van der Waals surface area contributed by atoms with Crippen LogP contribution in [0.3, 0.4) is 0 Å². The Balaban J connectivity index is 1.65. The Kier molecular flexibility index (Phi) is 2.77. The summed E-state index contributed by atoms with van der Waals surface area (Å²) in [6, 6.07) is 7.21. The summed E-state index contributed by atoms with van der Waals surface area (Å²) in [5.41, 5.74) is 5.19. The fourth-order valence-corrected chi connectivity index (χ4v) is 6.55. The smallest absolute Gasteiger partial charge is 0.139 e. The van der Waals surface area contributed by atoms with Crippen molar-refractivity contribution in [1.29, 1.82) is 0 Å². The first kappa shape index (κ1) is 14.5. The molecule has 2 aromatic rings. The highest BCUT2D eigenvalue weighted by Crippen LogP contribution is 2.62. The number of likely N-dealkylation sites (N-methyl/N-ethyl adjacent to an activating group) is 1. The zero-order chi connectivity index (χ0) is 16.8. The number of thiophene rings is 1. The summed E-state index contributed by atoms with van der Waals surface area (Å²) in [6.07, 6.45) is 5.72. The molecular formula is C21H21NO2S. The molecule has 3 nitrogen and oxygen atoms in total. The molecule has 128 valence electrons. The van der Waals surface area contributed by atoms with Gasteiger partial charge in [0, 0.05) is 28.5 Å². The zero-order valence-corrected chi connectivity index (χ0v) is 15.0. The highest BCUT2D eigenvalue weighted by molar-refractivity contribution is 7.08. The van der Waals surface area contributed by atoms with Crippen molar-refractivity contribution in [3.8, 4) is 16.9 Å². The van der Waals surface area contributed by atoms with Crippen LogP contribution < -0.4 is 4.74 Å². The third kappa shape index (κ3) is 1.64. The van der Waals surface area contributed by atoms with Gasteiger partial charge in [-0.15, -0.1) is 0 Å². The van der Waals surface area contributed by atoms with E-state index in [0.717, 1.165) is 25.1 Å². The SMILES string of the molecule is CN1CC[C@]23c4c5ccc(-c6ccsc6)c4O[C@H]2[C@@H](O)C=C[C@H]3[C@H]1C5. The van der Waals surface area contributed by atoms with E-state index in [-0.39, 0.29) is 11.5 Å². The number of likely N-dealkylation sites (tertiary alicyclic amines) is 1. The van der Waals surface area contributed by atoms with Crippen LogP contribution in [0.1, 0.15) is 17.5 Å². The van der Waals surface area contributed by atoms with E-state index in [4.69, 9.17) is 4.74 Å². The van der Waals surface area contributed by atoms with Crippen molar-refractivity contribution in [2.24, 2.45) is 5.92 Å². The van der Waals surface area contributed by atoms with Crippen LogP contribution in [0.5, 0.6) is 5.75 Å². The molecule has 0 saturated carbocycles. The van der Waals surface area contributed by atoms with Gasteiger partial charge < -0.3 is 14.7 Å². The van der Waals surface area contributed by atoms with Crippen LogP contribution in [0.15, 0.2) is 41.1 Å². The molecular weight excluding hydrogens is 330 g/mol. The van der Waals surface area contributed by atoms with Crippen LogP contribution in [0, 0.1) is 5.92 Å². The Bertz CT molecular complexity index is 890. The van der Waals surface area contributed by atoms with Gasteiger partial charge in [0.05, 0.1) is 0 Å². The van der Waals surface area contributed by atoms with E-state index in [0.29, 0.717) is 12.0 Å². The van der Waals surface area contributed by atoms with E-state index >= 15 is 0 Å². The van der Waals surface area contributed by atoms with Crippen LogP contribution >= 0.6 is 11.3 Å². The molecule has 0 unspecified atom stereocenters. The van der Waals surface area contributed by atoms with Gasteiger partial charge in [-0.1, -0.05) is 24.3 Å². The van der Waals surface area contributed by atoms with Crippen molar-refractivity contribution < 1.29 is 9.84 Å². The van der Waals surface area contributed by atoms with E-state index in [2.05, 4.69) is 47.0 Å². The largest absolute Gasteiger partial charge is 0.485 e. The van der Waals surface area contributed by atoms with Crippen LogP contribution in [0.4, 0.5) is 0 Å². The summed E-state index contributed by atoms with van der Waals surface area (Å²) in [7, 11) is 2.24. The number of nitrogens with zero attached hydrogens (tertiary/aromatic N) is 1. The maximum atomic E-state index is 10.8. The van der Waals surface area contributed by atoms with E-state index in [1.807, 2.05) is 6.08 Å². The first-order valence-electron chi connectivity index (χ1n) is 9.12. The van der Waals surface area contributed by atoms with Crippen LogP contribution in [-0.4, -0.2) is 41.8 Å². The Morgan fingerprint density at radius 3 is 3.04 bits per heavy atom. The molecule has 0 radical (unpaired) electrons. The molecule has 1 saturated heterocycles. The van der Waals surface area contributed by atoms with Crippen molar-refractivity contribution in [3.05, 3.63) is 52.2 Å². The second-order valence-corrected chi connectivity index (χ2v) is 8.75. The normalized spacial score (nSPS) is 37.7. The van der Waals surface area contributed by atoms with Gasteiger partial charge in [0.1, 0.15) is 18.0 Å². The number of hydrogen-bond acceptors (Lipinski definition) is 4. The van der Waals surface area contributed by atoms with Crippen molar-refractivity contribution in [2.45, 2.75) is 36.5 Å². The summed E-state index contributed by atoms with van der Waals surface area (Å²) < 4.78 is 6.57. The first-order chi connectivity index (χ1) is 12.2. The van der Waals surface area contributed by atoms with Crippen LogP contribution in [0.2, 0.25) is 0 Å². The minimum atomic E-state index is -0.519. The van der Waals surface area contributed by atoms with Gasteiger partial charge in [-0.05, 0) is 54.4 Å². The molecule has 3 heterocycles. The van der Waals surface area contributed by atoms with Gasteiger partial charge >= 0.3 is 0 Å². The monoisotopic (exact) mass is 351 g/mol. The summed E-state index contributed by atoms with van der Waals surface area (Å²) in [4.78, 5) is 2.50. The fraction of sp³-hybridized carbons (Fsp3) is 0.429. The summed E-state index contributed by atoms with van der Waals surface area (Å²) in [5, 5.41) is 15.1. The molecule has 1 aromatic carbocycles. The summed E-state index contributed by atoms with van der Waals surface area (Å²) >= 11 is 1.72. The van der Waals surface area contributed by atoms with Gasteiger partial charge in [-0.2, -0.15) is 11.3 Å². The minimum absolute atomic E-state index is 0.0553. The third-order valence-electron chi connectivity index (χ3n) is 7.00. The van der Waals surface area contributed by atoms with Gasteiger partial charge in [-0.3, -0.25) is 0 Å². The van der Waals surface area contributed by atoms with Crippen LogP contribution in [0.25, 0.3) is 11.1 Å². The van der Waals surface area contributed by atoms with E-state index < -0.39 is 6.10 Å². The lowest BCUT2D eigenvalue weighted by Crippen LogP contribution is -2.64. The number of benzene rings is 1. The highest BCUT2D eigenvalue weighted by Gasteiger charge is 2.64. The second kappa shape index (κ2) is 4.76. The molecule has 1 spiro atoms. The molecule has 1 N–H and O–H groups in total. The number of aliphatic hydroxyl groups excluding tert-OH is 1. The Morgan fingerprint density at radius 1 is 1.28 bits per heavy atom. The van der Waals surface area contributed by atoms with E-state index in [9.17, 15) is 5.11 Å². The molecule has 1 fully saturated rings. The van der Waals surface area contributed by atoms with Crippen molar-refractivity contribution in [1.82, 2.24) is 4.90 Å². The molecule has 4 aliphatic rings. The lowest BCUT2D eigenvalue weighted by Gasteiger charge is -2.56. The molecule has 2 bridgehead atoms. The topological polar surface area (TPSA) is 32.7 Å². The minimum Gasteiger partial charge on any atom is -0.485 e. The predicted octanol–water partition coefficient (Wildman–Crippen LogP) is 3.22. The average molecular weight is 351 g/mol. The summed E-state index contributed by atoms with van der Waals surface area (Å²) in [6.45, 7) is 1.07. The van der Waals surface area contributed by atoms with Gasteiger partial charge in [0.2, 0.25) is 0 Å². The van der Waals surface area contributed by atoms with E-state index in [1.54, 1.807) is 11.3 Å². The quantitative estimate of drug-likeness (QED) is 0.801. The van der Waals surface area contributed by atoms with Gasteiger partial charge in [-0.25, -0.2) is 0 Å². The van der Waals surface area contributed by atoms with Gasteiger partial charge in [0.25, 0.3) is 0 Å². The number of rotatable bonds is 1. The summed E-state index contributed by atoms with van der Waals surface area (Å²) in [5.74, 6) is 1.47. The van der Waals surface area contributed by atoms with Crippen molar-refractivity contribution in [3.63, 3.8) is 0 Å². The lowest BCUT2D eigenvalue weighted by atomic mass is 9.53. The number of ether oxygens (including phenoxy) is 1. The lowest BCUT2D eigenvalue weighted by molar-refractivity contribution is -0.0449. The average Bonchev–Trinajstić information content (AvgIpc) is 3.25. The molecule has 5 atom stereocenters. The Morgan fingerprint density at radius 2 is 2.20 bits per heavy atom. The van der Waals surface area contributed by atoms with Crippen molar-refractivity contribution in [2.75, 3.05) is 13.6 Å². The van der Waals surface area contributed by atoms with Gasteiger partial charge in [0.15, 0.2) is 0 Å². The second-order valence-electron chi connectivity index (χ2n) is 7.97. The molecule has 2 aliphatic carbocycles.